The monoisotopic (exact) mass is 529 g/mol. The number of fused-ring (bicyclic) bond motifs is 1. The minimum absolute atomic E-state index is 0.0514. The van der Waals surface area contributed by atoms with E-state index in [0.29, 0.717) is 35.1 Å². The van der Waals surface area contributed by atoms with Crippen LogP contribution in [0.15, 0.2) is 72.1 Å². The number of anilines is 1. The lowest BCUT2D eigenvalue weighted by Crippen LogP contribution is -2.40. The van der Waals surface area contributed by atoms with Gasteiger partial charge < -0.3 is 15.0 Å². The fraction of sp³-hybridized carbons (Fsp3) is 0.233. The number of nitrogens with zero attached hydrogens (tertiary/aromatic N) is 2. The van der Waals surface area contributed by atoms with Crippen LogP contribution in [-0.4, -0.2) is 28.2 Å². The Kier molecular flexibility index (Phi) is 7.51. The Morgan fingerprint density at radius 2 is 1.87 bits per heavy atom. The molecule has 2 amide bonds. The molecule has 2 heterocycles. The molecule has 1 aromatic heterocycles. The van der Waals surface area contributed by atoms with Crippen molar-refractivity contribution in [1.82, 2.24) is 9.88 Å². The third-order valence-corrected chi connectivity index (χ3v) is 7.43. The molecule has 0 bridgehead atoms. The van der Waals surface area contributed by atoms with Crippen molar-refractivity contribution >= 4 is 28.8 Å². The Morgan fingerprint density at radius 3 is 2.61 bits per heavy atom. The van der Waals surface area contributed by atoms with Crippen molar-refractivity contribution in [1.29, 1.82) is 0 Å². The van der Waals surface area contributed by atoms with E-state index in [1.54, 1.807) is 17.5 Å². The van der Waals surface area contributed by atoms with Crippen LogP contribution >= 0.6 is 11.3 Å². The summed E-state index contributed by atoms with van der Waals surface area (Å²) < 4.78 is 19.7. The predicted octanol–water partition coefficient (Wildman–Crippen LogP) is 6.31. The number of thiazole rings is 1. The number of halogens is 1. The highest BCUT2D eigenvalue weighted by molar-refractivity contribution is 7.09. The van der Waals surface area contributed by atoms with Crippen molar-refractivity contribution in [2.75, 3.05) is 11.9 Å². The molecule has 5 rings (SSSR count). The van der Waals surface area contributed by atoms with Crippen LogP contribution in [-0.2, 0) is 17.8 Å². The Morgan fingerprint density at radius 1 is 1.11 bits per heavy atom. The minimum Gasteiger partial charge on any atom is -0.486 e. The second-order valence-corrected chi connectivity index (χ2v) is 10.2. The topological polar surface area (TPSA) is 71.5 Å². The van der Waals surface area contributed by atoms with Gasteiger partial charge >= 0.3 is 0 Å². The number of carbonyl (C=O) groups excluding carboxylic acids is 2. The highest BCUT2D eigenvalue weighted by Crippen LogP contribution is 2.37. The van der Waals surface area contributed by atoms with Gasteiger partial charge in [-0.05, 0) is 66.4 Å². The molecule has 0 radical (unpaired) electrons. The average molecular weight is 530 g/mol. The smallest absolute Gasteiger partial charge is 0.275 e. The Hall–Kier alpha value is -4.04. The van der Waals surface area contributed by atoms with Crippen LogP contribution in [0.25, 0.3) is 0 Å². The van der Waals surface area contributed by atoms with Gasteiger partial charge in [0.2, 0.25) is 5.91 Å². The van der Waals surface area contributed by atoms with E-state index in [1.807, 2.05) is 61.2 Å². The number of hydrogen-bond donors (Lipinski definition) is 1. The van der Waals surface area contributed by atoms with Gasteiger partial charge in [0.1, 0.15) is 28.9 Å². The number of rotatable bonds is 7. The van der Waals surface area contributed by atoms with Gasteiger partial charge in [0.15, 0.2) is 0 Å². The van der Waals surface area contributed by atoms with Crippen LogP contribution in [0.1, 0.15) is 57.1 Å². The average Bonchev–Trinajstić information content (AvgIpc) is 3.42. The molecule has 6 nitrogen and oxygen atoms in total. The zero-order chi connectivity index (χ0) is 26.6. The molecule has 8 heteroatoms. The number of aryl methyl sites for hydroxylation is 1. The number of nitrogens with one attached hydrogen (secondary N) is 1. The van der Waals surface area contributed by atoms with E-state index in [2.05, 4.69) is 10.3 Å². The van der Waals surface area contributed by atoms with Gasteiger partial charge in [0, 0.05) is 24.0 Å². The maximum absolute atomic E-state index is 13.6. The molecule has 3 aromatic carbocycles. The molecule has 0 saturated carbocycles. The normalized spacial score (nSPS) is 14.6. The van der Waals surface area contributed by atoms with Crippen molar-refractivity contribution in [3.63, 3.8) is 0 Å². The van der Waals surface area contributed by atoms with Gasteiger partial charge in [0.05, 0.1) is 6.04 Å². The maximum atomic E-state index is 13.6. The lowest BCUT2D eigenvalue weighted by molar-refractivity contribution is -0.132. The van der Waals surface area contributed by atoms with Crippen molar-refractivity contribution in [3.8, 4) is 5.75 Å². The van der Waals surface area contributed by atoms with Gasteiger partial charge in [-0.15, -0.1) is 11.3 Å². The standard InChI is InChI=1S/C30H28FN3O3S/c1-3-28(35)34-15-14-20-8-13-24(16-25(20)29(34)21-6-9-22(31)10-7-21)37-17-27-33-26(18-38-27)30(36)32-23-11-4-19(2)5-12-23/h4-13,16,18,29H,3,14-15,17H2,1-2H3,(H,32,36). The molecule has 1 aliphatic heterocycles. The molecule has 0 spiro atoms. The first kappa shape index (κ1) is 25.6. The molecule has 0 fully saturated rings. The molecule has 1 N–H and O–H groups in total. The summed E-state index contributed by atoms with van der Waals surface area (Å²) in [5.74, 6) is 0.108. The number of aromatic nitrogens is 1. The molecule has 194 valence electrons. The zero-order valence-electron chi connectivity index (χ0n) is 21.2. The van der Waals surface area contributed by atoms with Crippen LogP contribution in [0, 0.1) is 12.7 Å². The van der Waals surface area contributed by atoms with Crippen molar-refractivity contribution in [3.05, 3.63) is 111 Å². The van der Waals surface area contributed by atoms with Gasteiger partial charge in [-0.3, -0.25) is 9.59 Å². The summed E-state index contributed by atoms with van der Waals surface area (Å²) in [5.41, 5.74) is 5.13. The van der Waals surface area contributed by atoms with Crippen molar-refractivity contribution in [2.24, 2.45) is 0 Å². The first-order valence-electron chi connectivity index (χ1n) is 12.5. The predicted molar refractivity (Wildman–Crippen MR) is 146 cm³/mol. The summed E-state index contributed by atoms with van der Waals surface area (Å²) in [6.45, 7) is 4.65. The number of hydrogen-bond acceptors (Lipinski definition) is 5. The first-order valence-corrected chi connectivity index (χ1v) is 13.4. The maximum Gasteiger partial charge on any atom is 0.275 e. The summed E-state index contributed by atoms with van der Waals surface area (Å²) in [7, 11) is 0. The Bertz CT molecular complexity index is 1450. The minimum atomic E-state index is -0.314. The Labute approximate surface area is 225 Å². The van der Waals surface area contributed by atoms with E-state index < -0.39 is 0 Å². The lowest BCUT2D eigenvalue weighted by Gasteiger charge is -2.38. The van der Waals surface area contributed by atoms with Crippen LogP contribution in [0.5, 0.6) is 5.75 Å². The van der Waals surface area contributed by atoms with Crippen molar-refractivity contribution < 1.29 is 18.7 Å². The quantitative estimate of drug-likeness (QED) is 0.305. The highest BCUT2D eigenvalue weighted by atomic mass is 32.1. The van der Waals surface area contributed by atoms with E-state index in [9.17, 15) is 14.0 Å². The summed E-state index contributed by atoms with van der Waals surface area (Å²) in [4.78, 5) is 31.7. The fourth-order valence-electron chi connectivity index (χ4n) is 4.62. The van der Waals surface area contributed by atoms with Gasteiger partial charge in [-0.2, -0.15) is 0 Å². The first-order chi connectivity index (χ1) is 18.4. The number of carbonyl (C=O) groups is 2. The molecule has 1 aliphatic rings. The molecule has 1 unspecified atom stereocenters. The molecule has 1 atom stereocenters. The van der Waals surface area contributed by atoms with E-state index >= 15 is 0 Å². The fourth-order valence-corrected chi connectivity index (χ4v) is 5.30. The van der Waals surface area contributed by atoms with Crippen molar-refractivity contribution in [2.45, 2.75) is 39.3 Å². The second-order valence-electron chi connectivity index (χ2n) is 9.24. The second kappa shape index (κ2) is 11.1. The van der Waals surface area contributed by atoms with Gasteiger partial charge in [-0.25, -0.2) is 9.37 Å². The Balaban J connectivity index is 1.32. The molecular formula is C30H28FN3O3S. The van der Waals surface area contributed by atoms with E-state index in [0.717, 1.165) is 28.7 Å². The van der Waals surface area contributed by atoms with E-state index in [1.165, 1.54) is 23.5 Å². The molecular weight excluding hydrogens is 501 g/mol. The summed E-state index contributed by atoms with van der Waals surface area (Å²) in [6, 6.07) is 19.5. The molecule has 4 aromatic rings. The summed E-state index contributed by atoms with van der Waals surface area (Å²) in [5, 5.41) is 5.25. The van der Waals surface area contributed by atoms with Crippen LogP contribution in [0.3, 0.4) is 0 Å². The largest absolute Gasteiger partial charge is 0.486 e. The lowest BCUT2D eigenvalue weighted by atomic mass is 9.87. The molecule has 0 saturated heterocycles. The summed E-state index contributed by atoms with van der Waals surface area (Å²) >= 11 is 1.36. The summed E-state index contributed by atoms with van der Waals surface area (Å²) in [6.07, 6.45) is 1.14. The van der Waals surface area contributed by atoms with E-state index in [4.69, 9.17) is 4.74 Å². The van der Waals surface area contributed by atoms with Gasteiger partial charge in [0.25, 0.3) is 5.91 Å². The molecule has 38 heavy (non-hydrogen) atoms. The van der Waals surface area contributed by atoms with Crippen LogP contribution in [0.4, 0.5) is 10.1 Å². The van der Waals surface area contributed by atoms with Crippen LogP contribution in [0.2, 0.25) is 0 Å². The third kappa shape index (κ3) is 5.60. The van der Waals surface area contributed by atoms with Gasteiger partial charge in [-0.1, -0.05) is 42.8 Å². The van der Waals surface area contributed by atoms with Crippen LogP contribution < -0.4 is 10.1 Å². The number of amides is 2. The number of ether oxygens (including phenoxy) is 1. The molecule has 0 aliphatic carbocycles. The third-order valence-electron chi connectivity index (χ3n) is 6.61. The number of benzene rings is 3. The zero-order valence-corrected chi connectivity index (χ0v) is 22.1. The SMILES string of the molecule is CCC(=O)N1CCc2ccc(OCc3nc(C(=O)Nc4ccc(C)cc4)cs3)cc2C1c1ccc(F)cc1. The highest BCUT2D eigenvalue weighted by Gasteiger charge is 2.31. The van der Waals surface area contributed by atoms with E-state index in [-0.39, 0.29) is 30.3 Å².